The van der Waals surface area contributed by atoms with Crippen molar-refractivity contribution in [3.63, 3.8) is 0 Å². The molecule has 0 aliphatic carbocycles. The van der Waals surface area contributed by atoms with E-state index >= 15 is 0 Å². The van der Waals surface area contributed by atoms with Crippen LogP contribution in [0.5, 0.6) is 5.88 Å². The molecule has 3 aromatic rings. The average molecular weight is 508 g/mol. The molecule has 0 unspecified atom stereocenters. The third kappa shape index (κ3) is 5.63. The van der Waals surface area contributed by atoms with Crippen molar-refractivity contribution in [1.29, 1.82) is 0 Å². The number of nitrogens with zero attached hydrogens (tertiary/aromatic N) is 3. The molecule has 0 N–H and O–H groups in total. The normalized spacial score (nSPS) is 18.5. The summed E-state index contributed by atoms with van der Waals surface area (Å²) in [5.74, 6) is -0.363. The van der Waals surface area contributed by atoms with E-state index in [0.717, 1.165) is 36.5 Å². The Morgan fingerprint density at radius 3 is 2.57 bits per heavy atom. The molecule has 1 amide bonds. The predicted octanol–water partition coefficient (Wildman–Crippen LogP) is 6.38. The zero-order chi connectivity index (χ0) is 25.2. The van der Waals surface area contributed by atoms with E-state index in [-0.39, 0.29) is 36.2 Å². The molecule has 2 aromatic heterocycles. The summed E-state index contributed by atoms with van der Waals surface area (Å²) < 4.78 is 57.7. The molecule has 2 atom stereocenters. The number of aromatic nitrogens is 2. The lowest BCUT2D eigenvalue weighted by atomic mass is 9.87. The summed E-state index contributed by atoms with van der Waals surface area (Å²) in [6, 6.07) is 7.78. The summed E-state index contributed by atoms with van der Waals surface area (Å²) >= 11 is 1.37. The Bertz CT molecular complexity index is 1160. The van der Waals surface area contributed by atoms with Crippen molar-refractivity contribution in [2.45, 2.75) is 45.3 Å². The fraction of sp³-hybridized carbons (Fsp3) is 0.400. The van der Waals surface area contributed by atoms with Gasteiger partial charge in [0.2, 0.25) is 5.88 Å². The Morgan fingerprint density at radius 1 is 1.20 bits per heavy atom. The fourth-order valence-corrected chi connectivity index (χ4v) is 5.32. The zero-order valence-electron chi connectivity index (χ0n) is 19.3. The second-order valence-corrected chi connectivity index (χ2v) is 9.69. The lowest BCUT2D eigenvalue weighted by molar-refractivity contribution is -0.137. The highest BCUT2D eigenvalue weighted by Gasteiger charge is 2.36. The largest absolute Gasteiger partial charge is 0.475 e. The first-order chi connectivity index (χ1) is 16.7. The SMILES string of the molecule is CC[C@@H]1CCCN(C(=O)c2nc(C)sc2-c2ccc(F)cc2)[C@@H]1COc1ccc(C(F)(F)F)cn1. The maximum atomic E-state index is 13.7. The van der Waals surface area contributed by atoms with Crippen molar-refractivity contribution in [2.24, 2.45) is 5.92 Å². The van der Waals surface area contributed by atoms with Crippen LogP contribution in [0.2, 0.25) is 0 Å². The second-order valence-electron chi connectivity index (χ2n) is 8.49. The van der Waals surface area contributed by atoms with Gasteiger partial charge in [-0.05, 0) is 49.4 Å². The number of ether oxygens (including phenoxy) is 1. The number of carbonyl (C=O) groups excluding carboxylic acids is 1. The first kappa shape index (κ1) is 25.1. The highest BCUT2D eigenvalue weighted by molar-refractivity contribution is 7.15. The molecule has 1 aliphatic rings. The molecule has 0 saturated carbocycles. The van der Waals surface area contributed by atoms with Crippen LogP contribution in [0.3, 0.4) is 0 Å². The maximum Gasteiger partial charge on any atom is 0.417 e. The van der Waals surface area contributed by atoms with Crippen LogP contribution in [-0.2, 0) is 6.18 Å². The van der Waals surface area contributed by atoms with E-state index in [9.17, 15) is 22.4 Å². The van der Waals surface area contributed by atoms with Crippen molar-refractivity contribution in [2.75, 3.05) is 13.2 Å². The predicted molar refractivity (Wildman–Crippen MR) is 125 cm³/mol. The van der Waals surface area contributed by atoms with E-state index in [1.54, 1.807) is 17.0 Å². The minimum Gasteiger partial charge on any atom is -0.475 e. The quantitative estimate of drug-likeness (QED) is 0.363. The van der Waals surface area contributed by atoms with E-state index in [1.807, 2.05) is 13.8 Å². The van der Waals surface area contributed by atoms with Crippen LogP contribution in [0.1, 0.15) is 47.2 Å². The number of halogens is 4. The average Bonchev–Trinajstić information content (AvgIpc) is 3.23. The number of alkyl halides is 3. The topological polar surface area (TPSA) is 55.3 Å². The number of carbonyl (C=O) groups is 1. The Balaban J connectivity index is 1.57. The molecule has 4 rings (SSSR count). The van der Waals surface area contributed by atoms with Gasteiger partial charge in [-0.2, -0.15) is 13.2 Å². The minimum atomic E-state index is -4.47. The van der Waals surface area contributed by atoms with Gasteiger partial charge in [-0.3, -0.25) is 4.79 Å². The van der Waals surface area contributed by atoms with Gasteiger partial charge in [0, 0.05) is 18.8 Å². The number of thiazole rings is 1. The van der Waals surface area contributed by atoms with Gasteiger partial charge in [-0.25, -0.2) is 14.4 Å². The number of hydrogen-bond donors (Lipinski definition) is 0. The van der Waals surface area contributed by atoms with Crippen LogP contribution in [0.4, 0.5) is 17.6 Å². The van der Waals surface area contributed by atoms with Crippen LogP contribution < -0.4 is 4.74 Å². The number of benzene rings is 1. The highest BCUT2D eigenvalue weighted by Crippen LogP contribution is 2.34. The van der Waals surface area contributed by atoms with Gasteiger partial charge < -0.3 is 9.64 Å². The molecular formula is C25H25F4N3O2S. The third-order valence-corrected chi connectivity index (χ3v) is 7.23. The molecule has 1 saturated heterocycles. The van der Waals surface area contributed by atoms with Gasteiger partial charge in [0.25, 0.3) is 5.91 Å². The Hall–Kier alpha value is -3.01. The van der Waals surface area contributed by atoms with Crippen molar-refractivity contribution in [3.8, 4) is 16.3 Å². The maximum absolute atomic E-state index is 13.7. The Labute approximate surface area is 204 Å². The van der Waals surface area contributed by atoms with E-state index < -0.39 is 11.7 Å². The lowest BCUT2D eigenvalue weighted by Gasteiger charge is -2.40. The number of aryl methyl sites for hydroxylation is 1. The number of piperidine rings is 1. The molecule has 1 aromatic carbocycles. The molecule has 186 valence electrons. The van der Waals surface area contributed by atoms with Crippen molar-refractivity contribution >= 4 is 17.2 Å². The summed E-state index contributed by atoms with van der Waals surface area (Å²) in [6.07, 6.45) is -1.17. The number of rotatable bonds is 6. The van der Waals surface area contributed by atoms with E-state index in [2.05, 4.69) is 9.97 Å². The van der Waals surface area contributed by atoms with Gasteiger partial charge in [-0.1, -0.05) is 25.5 Å². The number of amides is 1. The molecule has 35 heavy (non-hydrogen) atoms. The van der Waals surface area contributed by atoms with Gasteiger partial charge in [0.05, 0.1) is 21.5 Å². The molecule has 0 radical (unpaired) electrons. The van der Waals surface area contributed by atoms with E-state index in [1.165, 1.54) is 29.5 Å². The zero-order valence-corrected chi connectivity index (χ0v) is 20.1. The van der Waals surface area contributed by atoms with Crippen molar-refractivity contribution in [3.05, 3.63) is 64.7 Å². The molecule has 0 bridgehead atoms. The molecule has 1 aliphatic heterocycles. The second kappa shape index (κ2) is 10.3. The number of hydrogen-bond acceptors (Lipinski definition) is 5. The number of likely N-dealkylation sites (tertiary alicyclic amines) is 1. The van der Waals surface area contributed by atoms with E-state index in [4.69, 9.17) is 4.74 Å². The first-order valence-electron chi connectivity index (χ1n) is 11.4. The molecule has 3 heterocycles. The lowest BCUT2D eigenvalue weighted by Crippen LogP contribution is -2.51. The number of pyridine rings is 1. The minimum absolute atomic E-state index is 0.0716. The molecule has 10 heteroatoms. The van der Waals surface area contributed by atoms with Crippen molar-refractivity contribution < 1.29 is 27.1 Å². The molecule has 5 nitrogen and oxygen atoms in total. The molecule has 0 spiro atoms. The standard InChI is InChI=1S/C25H25F4N3O2S/c1-3-16-5-4-12-32(20(16)14-34-21-11-8-18(13-30-21)25(27,28)29)24(33)22-23(35-15(2)31-22)17-6-9-19(26)10-7-17/h6-11,13,16,20H,3-5,12,14H2,1-2H3/t16-,20-/m1/s1. The smallest absolute Gasteiger partial charge is 0.417 e. The van der Waals surface area contributed by atoms with E-state index in [0.29, 0.717) is 22.7 Å². The monoisotopic (exact) mass is 507 g/mol. The molecule has 1 fully saturated rings. The van der Waals surface area contributed by atoms with Gasteiger partial charge in [0.15, 0.2) is 0 Å². The third-order valence-electron chi connectivity index (χ3n) is 6.21. The van der Waals surface area contributed by atoms with Crippen LogP contribution in [0, 0.1) is 18.7 Å². The Morgan fingerprint density at radius 2 is 1.94 bits per heavy atom. The van der Waals surface area contributed by atoms with Crippen molar-refractivity contribution in [1.82, 2.24) is 14.9 Å². The summed E-state index contributed by atoms with van der Waals surface area (Å²) in [4.78, 5) is 24.4. The first-order valence-corrected chi connectivity index (χ1v) is 12.2. The van der Waals surface area contributed by atoms with Crippen LogP contribution in [-0.4, -0.2) is 40.0 Å². The summed E-state index contributed by atoms with van der Waals surface area (Å²) in [6.45, 7) is 4.48. The van der Waals surface area contributed by atoms with Crippen LogP contribution in [0.25, 0.3) is 10.4 Å². The van der Waals surface area contributed by atoms with Gasteiger partial charge in [0.1, 0.15) is 18.1 Å². The summed E-state index contributed by atoms with van der Waals surface area (Å²) in [5.41, 5.74) is 0.178. The Kier molecular flexibility index (Phi) is 7.39. The summed E-state index contributed by atoms with van der Waals surface area (Å²) in [5, 5.41) is 0.721. The van der Waals surface area contributed by atoms with Crippen LogP contribution >= 0.6 is 11.3 Å². The van der Waals surface area contributed by atoms with Gasteiger partial charge in [-0.15, -0.1) is 11.3 Å². The summed E-state index contributed by atoms with van der Waals surface area (Å²) in [7, 11) is 0. The van der Waals surface area contributed by atoms with Gasteiger partial charge >= 0.3 is 6.18 Å². The van der Waals surface area contributed by atoms with Crippen LogP contribution in [0.15, 0.2) is 42.6 Å². The fourth-order valence-electron chi connectivity index (χ4n) is 4.40. The highest BCUT2D eigenvalue weighted by atomic mass is 32.1. The molecular weight excluding hydrogens is 482 g/mol.